The number of rotatable bonds is 6. The van der Waals surface area contributed by atoms with E-state index in [0.717, 1.165) is 11.1 Å². The number of nitrogens with one attached hydrogen (secondary N) is 1. The van der Waals surface area contributed by atoms with Crippen LogP contribution in [0.2, 0.25) is 0 Å². The Kier molecular flexibility index (Phi) is 5.89. The monoisotopic (exact) mass is 344 g/mol. The van der Waals surface area contributed by atoms with Crippen molar-refractivity contribution >= 4 is 22.0 Å². The summed E-state index contributed by atoms with van der Waals surface area (Å²) in [5.74, 6) is -0.214. The molecule has 126 valence electrons. The zero-order chi connectivity index (χ0) is 17.6. The summed E-state index contributed by atoms with van der Waals surface area (Å²) in [7, 11) is -0.456. The second-order valence-electron chi connectivity index (χ2n) is 5.26. The van der Waals surface area contributed by atoms with E-state index in [1.54, 1.807) is 44.4 Å². The number of nitrogens with zero attached hydrogens (tertiary/aromatic N) is 1. The van der Waals surface area contributed by atoms with E-state index in [2.05, 4.69) is 5.32 Å². The molecule has 5 nitrogen and oxygen atoms in total. The SMILES string of the molecule is CNC(=O)/C=C/c1ccc(S(=O)(=O)N(C)Cc2ccccc2)cc1. The van der Waals surface area contributed by atoms with E-state index in [0.29, 0.717) is 6.54 Å². The van der Waals surface area contributed by atoms with E-state index >= 15 is 0 Å². The van der Waals surface area contributed by atoms with Crippen molar-refractivity contribution in [2.24, 2.45) is 0 Å². The zero-order valence-corrected chi connectivity index (χ0v) is 14.5. The van der Waals surface area contributed by atoms with Gasteiger partial charge in [-0.05, 0) is 29.3 Å². The van der Waals surface area contributed by atoms with Crippen molar-refractivity contribution in [2.45, 2.75) is 11.4 Å². The van der Waals surface area contributed by atoms with Crippen LogP contribution in [0.5, 0.6) is 0 Å². The molecule has 0 atom stereocenters. The highest BCUT2D eigenvalue weighted by atomic mass is 32.2. The van der Waals surface area contributed by atoms with Crippen LogP contribution in [0.25, 0.3) is 6.08 Å². The summed E-state index contributed by atoms with van der Waals surface area (Å²) in [6.07, 6.45) is 3.02. The molecule has 0 saturated heterocycles. The molecule has 0 aromatic heterocycles. The molecule has 0 aliphatic rings. The Morgan fingerprint density at radius 1 is 1.08 bits per heavy atom. The summed E-state index contributed by atoms with van der Waals surface area (Å²) < 4.78 is 26.5. The average Bonchev–Trinajstić information content (AvgIpc) is 2.60. The number of sulfonamides is 1. The molecule has 2 aromatic carbocycles. The van der Waals surface area contributed by atoms with Crippen molar-refractivity contribution in [3.05, 3.63) is 71.8 Å². The molecule has 0 aliphatic carbocycles. The van der Waals surface area contributed by atoms with E-state index in [1.165, 1.54) is 10.4 Å². The molecule has 1 amide bonds. The minimum absolute atomic E-state index is 0.214. The van der Waals surface area contributed by atoms with Crippen LogP contribution in [-0.2, 0) is 21.4 Å². The third-order valence-electron chi connectivity index (χ3n) is 3.51. The molecule has 6 heteroatoms. The molecule has 0 radical (unpaired) electrons. The Bertz CT molecular complexity index is 813. The van der Waals surface area contributed by atoms with Crippen molar-refractivity contribution in [1.82, 2.24) is 9.62 Å². The normalized spacial score (nSPS) is 11.8. The molecule has 2 rings (SSSR count). The first kappa shape index (κ1) is 17.9. The number of amides is 1. The smallest absolute Gasteiger partial charge is 0.243 e. The maximum atomic E-state index is 12.6. The molecule has 0 saturated carbocycles. The Hall–Kier alpha value is -2.44. The topological polar surface area (TPSA) is 66.5 Å². The number of benzene rings is 2. The van der Waals surface area contributed by atoms with Gasteiger partial charge in [0, 0.05) is 26.7 Å². The molecule has 0 aliphatic heterocycles. The maximum absolute atomic E-state index is 12.6. The van der Waals surface area contributed by atoms with Gasteiger partial charge in [-0.2, -0.15) is 4.31 Å². The highest BCUT2D eigenvalue weighted by Crippen LogP contribution is 2.18. The third-order valence-corrected chi connectivity index (χ3v) is 5.33. The molecule has 1 N–H and O–H groups in total. The summed E-state index contributed by atoms with van der Waals surface area (Å²) in [6.45, 7) is 0.307. The predicted molar refractivity (Wildman–Crippen MR) is 94.6 cm³/mol. The minimum Gasteiger partial charge on any atom is -0.356 e. The number of carbonyl (C=O) groups excluding carboxylic acids is 1. The maximum Gasteiger partial charge on any atom is 0.243 e. The Morgan fingerprint density at radius 3 is 2.29 bits per heavy atom. The van der Waals surface area contributed by atoms with E-state index in [4.69, 9.17) is 0 Å². The predicted octanol–water partition coefficient (Wildman–Crippen LogP) is 2.27. The van der Waals surface area contributed by atoms with Crippen molar-refractivity contribution < 1.29 is 13.2 Å². The van der Waals surface area contributed by atoms with Crippen molar-refractivity contribution in [1.29, 1.82) is 0 Å². The van der Waals surface area contributed by atoms with Crippen LogP contribution in [0.3, 0.4) is 0 Å². The Morgan fingerprint density at radius 2 is 1.71 bits per heavy atom. The van der Waals surface area contributed by atoms with Crippen LogP contribution < -0.4 is 5.32 Å². The summed E-state index contributed by atoms with van der Waals surface area (Å²) in [5, 5.41) is 2.48. The van der Waals surface area contributed by atoms with Gasteiger partial charge in [-0.1, -0.05) is 42.5 Å². The third kappa shape index (κ3) is 4.53. The second kappa shape index (κ2) is 7.90. The first-order valence-electron chi connectivity index (χ1n) is 7.43. The summed E-state index contributed by atoms with van der Waals surface area (Å²) in [5.41, 5.74) is 1.68. The van der Waals surface area contributed by atoms with Crippen LogP contribution >= 0.6 is 0 Å². The lowest BCUT2D eigenvalue weighted by Crippen LogP contribution is -2.26. The first-order chi connectivity index (χ1) is 11.4. The van der Waals surface area contributed by atoms with E-state index in [-0.39, 0.29) is 10.8 Å². The van der Waals surface area contributed by atoms with Crippen LogP contribution in [0.1, 0.15) is 11.1 Å². The van der Waals surface area contributed by atoms with E-state index in [9.17, 15) is 13.2 Å². The van der Waals surface area contributed by atoms with Gasteiger partial charge in [0.15, 0.2) is 0 Å². The minimum atomic E-state index is -3.56. The highest BCUT2D eigenvalue weighted by Gasteiger charge is 2.20. The number of hydrogen-bond donors (Lipinski definition) is 1. The fraction of sp³-hybridized carbons (Fsp3) is 0.167. The number of carbonyl (C=O) groups is 1. The molecule has 0 heterocycles. The second-order valence-corrected chi connectivity index (χ2v) is 7.31. The summed E-state index contributed by atoms with van der Waals surface area (Å²) >= 11 is 0. The van der Waals surface area contributed by atoms with Crippen LogP contribution in [0.15, 0.2) is 65.6 Å². The average molecular weight is 344 g/mol. The van der Waals surface area contributed by atoms with Crippen LogP contribution in [0.4, 0.5) is 0 Å². The lowest BCUT2D eigenvalue weighted by atomic mass is 10.2. The molecule has 24 heavy (non-hydrogen) atoms. The summed E-state index contributed by atoms with van der Waals surface area (Å²) in [4.78, 5) is 11.4. The lowest BCUT2D eigenvalue weighted by Gasteiger charge is -2.17. The van der Waals surface area contributed by atoms with Gasteiger partial charge in [0.25, 0.3) is 0 Å². The Labute approximate surface area is 142 Å². The highest BCUT2D eigenvalue weighted by molar-refractivity contribution is 7.89. The van der Waals surface area contributed by atoms with Gasteiger partial charge >= 0.3 is 0 Å². The van der Waals surface area contributed by atoms with Crippen molar-refractivity contribution in [3.63, 3.8) is 0 Å². The van der Waals surface area contributed by atoms with Gasteiger partial charge in [0.1, 0.15) is 0 Å². The quantitative estimate of drug-likeness (QED) is 0.818. The van der Waals surface area contributed by atoms with Crippen molar-refractivity contribution in [2.75, 3.05) is 14.1 Å². The van der Waals surface area contributed by atoms with E-state index in [1.807, 2.05) is 30.3 Å². The molecule has 2 aromatic rings. The fourth-order valence-corrected chi connectivity index (χ4v) is 3.27. The van der Waals surface area contributed by atoms with Crippen molar-refractivity contribution in [3.8, 4) is 0 Å². The van der Waals surface area contributed by atoms with Gasteiger partial charge in [0.05, 0.1) is 4.90 Å². The van der Waals surface area contributed by atoms with E-state index < -0.39 is 10.0 Å². The first-order valence-corrected chi connectivity index (χ1v) is 8.87. The zero-order valence-electron chi connectivity index (χ0n) is 13.6. The standard InChI is InChI=1S/C18H20N2O3S/c1-19-18(21)13-10-15-8-11-17(12-9-15)24(22,23)20(2)14-16-6-4-3-5-7-16/h3-13H,14H2,1-2H3,(H,19,21)/b13-10+. The Balaban J connectivity index is 2.14. The lowest BCUT2D eigenvalue weighted by molar-refractivity contribution is -0.115. The van der Waals surface area contributed by atoms with Gasteiger partial charge in [-0.3, -0.25) is 4.79 Å². The van der Waals surface area contributed by atoms with Crippen LogP contribution in [-0.4, -0.2) is 32.7 Å². The largest absolute Gasteiger partial charge is 0.356 e. The van der Waals surface area contributed by atoms with Gasteiger partial charge in [-0.25, -0.2) is 8.42 Å². The van der Waals surface area contributed by atoms with Gasteiger partial charge in [0.2, 0.25) is 15.9 Å². The van der Waals surface area contributed by atoms with Crippen LogP contribution in [0, 0.1) is 0 Å². The molecular weight excluding hydrogens is 324 g/mol. The fourth-order valence-electron chi connectivity index (χ4n) is 2.11. The molecule has 0 unspecified atom stereocenters. The number of likely N-dealkylation sites (N-methyl/N-ethyl adjacent to an activating group) is 1. The van der Waals surface area contributed by atoms with Gasteiger partial charge in [-0.15, -0.1) is 0 Å². The van der Waals surface area contributed by atoms with Gasteiger partial charge < -0.3 is 5.32 Å². The molecule has 0 fully saturated rings. The number of hydrogen-bond acceptors (Lipinski definition) is 3. The molecule has 0 bridgehead atoms. The summed E-state index contributed by atoms with van der Waals surface area (Å²) in [6, 6.07) is 15.8. The molecular formula is C18H20N2O3S. The molecule has 0 spiro atoms.